The van der Waals surface area contributed by atoms with Gasteiger partial charge in [-0.1, -0.05) is 113 Å². The zero-order valence-electron chi connectivity index (χ0n) is 19.4. The lowest BCUT2D eigenvalue weighted by atomic mass is 10.00. The zero-order chi connectivity index (χ0) is 21.6. The van der Waals surface area contributed by atoms with Gasteiger partial charge in [0.15, 0.2) is 0 Å². The Morgan fingerprint density at radius 1 is 0.690 bits per heavy atom. The second-order valence-corrected chi connectivity index (χ2v) is 9.39. The summed E-state index contributed by atoms with van der Waals surface area (Å²) in [5, 5.41) is 1.04. The normalized spacial score (nSPS) is 11.7. The zero-order valence-corrected chi connectivity index (χ0v) is 21.0. The van der Waals surface area contributed by atoms with Crippen LogP contribution in [0.3, 0.4) is 0 Å². The molecular weight excluding hydrogens is 431 g/mol. The van der Waals surface area contributed by atoms with Gasteiger partial charge in [-0.3, -0.25) is 4.79 Å². The van der Waals surface area contributed by atoms with E-state index in [4.69, 9.17) is 4.74 Å². The summed E-state index contributed by atoms with van der Waals surface area (Å²) in [6.45, 7) is 4.41. The summed E-state index contributed by atoms with van der Waals surface area (Å²) >= 11 is 3.43. The molecule has 0 fully saturated rings. The number of alkyl halides is 2. The number of hydrogen-bond donors (Lipinski definition) is 0. The first-order valence-corrected chi connectivity index (χ1v) is 13.7. The van der Waals surface area contributed by atoms with E-state index >= 15 is 4.39 Å². The molecule has 0 aromatic heterocycles. The smallest absolute Gasteiger partial charge is 0.308 e. The van der Waals surface area contributed by atoms with E-state index in [-0.39, 0.29) is 5.97 Å². The molecule has 0 spiro atoms. The third-order valence-corrected chi connectivity index (χ3v) is 6.18. The Balaban J connectivity index is 4.24. The van der Waals surface area contributed by atoms with Crippen molar-refractivity contribution in [1.82, 2.24) is 0 Å². The molecule has 0 amide bonds. The van der Waals surface area contributed by atoms with E-state index in [0.717, 1.165) is 63.1 Å². The second-order valence-electron chi connectivity index (χ2n) is 8.60. The third-order valence-electron chi connectivity index (χ3n) is 5.62. The highest BCUT2D eigenvalue weighted by atomic mass is 79.9. The highest BCUT2D eigenvalue weighted by Crippen LogP contribution is 2.29. The first kappa shape index (κ1) is 28.9. The van der Waals surface area contributed by atoms with Crippen LogP contribution in [0, 0.1) is 0 Å². The lowest BCUT2D eigenvalue weighted by molar-refractivity contribution is -0.187. The van der Waals surface area contributed by atoms with Gasteiger partial charge in [0.1, 0.15) is 0 Å². The molecule has 0 aromatic rings. The minimum absolute atomic E-state index is 0.343. The predicted molar refractivity (Wildman–Crippen MR) is 127 cm³/mol. The van der Waals surface area contributed by atoms with Crippen LogP contribution in [-0.2, 0) is 9.53 Å². The van der Waals surface area contributed by atoms with E-state index < -0.39 is 5.85 Å². The molecule has 0 heterocycles. The summed E-state index contributed by atoms with van der Waals surface area (Å²) in [6.07, 6.45) is 19.8. The molecule has 0 aliphatic rings. The minimum Gasteiger partial charge on any atom is -0.429 e. The maximum atomic E-state index is 15.4. The summed E-state index contributed by atoms with van der Waals surface area (Å²) in [5.74, 6) is -2.09. The fourth-order valence-electron chi connectivity index (χ4n) is 3.71. The van der Waals surface area contributed by atoms with Crippen molar-refractivity contribution >= 4 is 21.9 Å². The van der Waals surface area contributed by atoms with Crippen LogP contribution in [-0.4, -0.2) is 17.2 Å². The largest absolute Gasteiger partial charge is 0.429 e. The van der Waals surface area contributed by atoms with Gasteiger partial charge in [-0.15, -0.1) is 0 Å². The molecule has 0 saturated carbocycles. The van der Waals surface area contributed by atoms with E-state index in [2.05, 4.69) is 29.8 Å². The number of ether oxygens (including phenoxy) is 1. The number of halogens is 2. The average Bonchev–Trinajstić information content (AvgIpc) is 2.70. The van der Waals surface area contributed by atoms with Crippen LogP contribution < -0.4 is 0 Å². The van der Waals surface area contributed by atoms with Gasteiger partial charge in [0.2, 0.25) is 0 Å². The SMILES string of the molecule is CCCCCCCCC(F)(CCCCCCCC)OC(=O)CCCCCCCBr. The molecule has 0 N–H and O–H groups in total. The number of rotatable bonds is 22. The van der Waals surface area contributed by atoms with E-state index in [9.17, 15) is 4.79 Å². The number of hydrogen-bond acceptors (Lipinski definition) is 2. The summed E-state index contributed by atoms with van der Waals surface area (Å²) in [7, 11) is 0. The van der Waals surface area contributed by atoms with E-state index in [1.165, 1.54) is 51.4 Å². The topological polar surface area (TPSA) is 26.3 Å². The molecule has 0 radical (unpaired) electrons. The van der Waals surface area contributed by atoms with Crippen molar-refractivity contribution in [2.75, 3.05) is 5.33 Å². The second kappa shape index (κ2) is 21.1. The summed E-state index contributed by atoms with van der Waals surface area (Å²) in [5.41, 5.74) is 0. The lowest BCUT2D eigenvalue weighted by Crippen LogP contribution is -2.30. The average molecular weight is 480 g/mol. The van der Waals surface area contributed by atoms with Gasteiger partial charge in [-0.2, -0.15) is 4.39 Å². The minimum atomic E-state index is -1.75. The quantitative estimate of drug-likeness (QED) is 0.0878. The van der Waals surface area contributed by atoms with Gasteiger partial charge >= 0.3 is 5.97 Å². The first-order valence-electron chi connectivity index (χ1n) is 12.5. The van der Waals surface area contributed by atoms with Gasteiger partial charge in [0.05, 0.1) is 0 Å². The number of esters is 1. The van der Waals surface area contributed by atoms with Crippen LogP contribution in [0.5, 0.6) is 0 Å². The molecule has 29 heavy (non-hydrogen) atoms. The van der Waals surface area contributed by atoms with Crippen molar-refractivity contribution in [3.8, 4) is 0 Å². The van der Waals surface area contributed by atoms with Gasteiger partial charge in [-0.25, -0.2) is 0 Å². The summed E-state index contributed by atoms with van der Waals surface area (Å²) < 4.78 is 20.8. The van der Waals surface area contributed by atoms with Crippen molar-refractivity contribution in [3.63, 3.8) is 0 Å². The third kappa shape index (κ3) is 19.6. The van der Waals surface area contributed by atoms with Crippen LogP contribution >= 0.6 is 15.9 Å². The van der Waals surface area contributed by atoms with Crippen LogP contribution in [0.25, 0.3) is 0 Å². The molecule has 174 valence electrons. The highest BCUT2D eigenvalue weighted by Gasteiger charge is 2.32. The van der Waals surface area contributed by atoms with E-state index in [1.807, 2.05) is 0 Å². The monoisotopic (exact) mass is 478 g/mol. The van der Waals surface area contributed by atoms with Crippen molar-refractivity contribution in [2.24, 2.45) is 0 Å². The Morgan fingerprint density at radius 2 is 1.10 bits per heavy atom. The first-order chi connectivity index (χ1) is 14.1. The number of carbonyl (C=O) groups is 1. The molecule has 2 nitrogen and oxygen atoms in total. The van der Waals surface area contributed by atoms with Gasteiger partial charge in [0, 0.05) is 24.6 Å². The Bertz CT molecular complexity index is 347. The Morgan fingerprint density at radius 3 is 1.59 bits per heavy atom. The predicted octanol–water partition coefficient (Wildman–Crippen LogP) is 9.43. The van der Waals surface area contributed by atoms with Crippen molar-refractivity contribution in [1.29, 1.82) is 0 Å². The molecule has 0 unspecified atom stereocenters. The Kier molecular flexibility index (Phi) is 21.0. The van der Waals surface area contributed by atoms with Gasteiger partial charge in [-0.05, 0) is 25.7 Å². The lowest BCUT2D eigenvalue weighted by Gasteiger charge is -2.26. The summed E-state index contributed by atoms with van der Waals surface area (Å²) in [6, 6.07) is 0. The molecule has 0 rings (SSSR count). The van der Waals surface area contributed by atoms with Crippen molar-refractivity contribution in [2.45, 2.75) is 148 Å². The molecule has 0 atom stereocenters. The molecule has 0 bridgehead atoms. The van der Waals surface area contributed by atoms with Gasteiger partial charge < -0.3 is 4.74 Å². The maximum absolute atomic E-state index is 15.4. The summed E-state index contributed by atoms with van der Waals surface area (Å²) in [4.78, 5) is 12.2. The Labute approximate surface area is 189 Å². The molecular formula is C25H48BrFO2. The van der Waals surface area contributed by atoms with E-state index in [1.54, 1.807) is 0 Å². The number of carbonyl (C=O) groups excluding carboxylic acids is 1. The van der Waals surface area contributed by atoms with E-state index in [0.29, 0.717) is 19.3 Å². The van der Waals surface area contributed by atoms with Crippen LogP contribution in [0.4, 0.5) is 4.39 Å². The van der Waals surface area contributed by atoms with Gasteiger partial charge in [0.25, 0.3) is 5.85 Å². The van der Waals surface area contributed by atoms with Crippen molar-refractivity contribution < 1.29 is 13.9 Å². The Hall–Kier alpha value is -0.120. The van der Waals surface area contributed by atoms with Crippen molar-refractivity contribution in [3.05, 3.63) is 0 Å². The molecule has 4 heteroatoms. The van der Waals surface area contributed by atoms with Crippen LogP contribution in [0.1, 0.15) is 142 Å². The molecule has 0 aliphatic heterocycles. The fourth-order valence-corrected chi connectivity index (χ4v) is 4.11. The molecule has 0 aromatic carbocycles. The fraction of sp³-hybridized carbons (Fsp3) is 0.960. The molecule has 0 aliphatic carbocycles. The van der Waals surface area contributed by atoms with Crippen LogP contribution in [0.2, 0.25) is 0 Å². The standard InChI is InChI=1S/C25H48BrFO2/c1-3-5-7-9-13-17-21-25(27,22-18-14-10-8-6-4-2)29-24(28)20-16-12-11-15-19-23-26/h3-23H2,1-2H3. The molecule has 0 saturated heterocycles. The maximum Gasteiger partial charge on any atom is 0.308 e. The van der Waals surface area contributed by atoms with Crippen LogP contribution in [0.15, 0.2) is 0 Å². The number of unbranched alkanes of at least 4 members (excludes halogenated alkanes) is 14. The highest BCUT2D eigenvalue weighted by molar-refractivity contribution is 9.09.